The van der Waals surface area contributed by atoms with Crippen LogP contribution in [0.1, 0.15) is 65.2 Å². The van der Waals surface area contributed by atoms with E-state index in [1.54, 1.807) is 0 Å². The molecule has 0 aromatic carbocycles. The fourth-order valence-corrected chi connectivity index (χ4v) is 1.34. The summed E-state index contributed by atoms with van der Waals surface area (Å²) in [6.07, 6.45) is 6.24. The molecule has 0 rings (SSSR count). The minimum Gasteiger partial charge on any atom is -0.436 e. The van der Waals surface area contributed by atoms with Gasteiger partial charge >= 0.3 is 5.97 Å². The fourth-order valence-electron chi connectivity index (χ4n) is 1.34. The van der Waals surface area contributed by atoms with Gasteiger partial charge in [0.15, 0.2) is 0 Å². The summed E-state index contributed by atoms with van der Waals surface area (Å²) in [6.45, 7) is 4.17. The van der Waals surface area contributed by atoms with Gasteiger partial charge in [-0.2, -0.15) is 0 Å². The Morgan fingerprint density at radius 1 is 1.13 bits per heavy atom. The van der Waals surface area contributed by atoms with Crippen LogP contribution < -0.4 is 0 Å². The van der Waals surface area contributed by atoms with Crippen molar-refractivity contribution in [1.82, 2.24) is 0 Å². The van der Waals surface area contributed by atoms with Gasteiger partial charge in [0.05, 0.1) is 0 Å². The van der Waals surface area contributed by atoms with E-state index in [-0.39, 0.29) is 5.97 Å². The molecular weight excluding hydrogens is 192 g/mol. The quantitative estimate of drug-likeness (QED) is 0.366. The largest absolute Gasteiger partial charge is 0.436 e. The van der Waals surface area contributed by atoms with Gasteiger partial charge in [-0.25, -0.2) is 0 Å². The van der Waals surface area contributed by atoms with Crippen LogP contribution in [0.4, 0.5) is 0 Å². The molecule has 3 heteroatoms. The zero-order valence-electron chi connectivity index (χ0n) is 10.00. The maximum atomic E-state index is 11.2. The van der Waals surface area contributed by atoms with Crippen molar-refractivity contribution in [3.05, 3.63) is 0 Å². The minimum absolute atomic E-state index is 0.269. The van der Waals surface area contributed by atoms with Crippen LogP contribution >= 0.6 is 0 Å². The Labute approximate surface area is 92.8 Å². The van der Waals surface area contributed by atoms with Gasteiger partial charge in [0, 0.05) is 12.8 Å². The Balaban J connectivity index is 3.38. The monoisotopic (exact) mass is 216 g/mol. The predicted molar refractivity (Wildman–Crippen MR) is 60.4 cm³/mol. The first kappa shape index (κ1) is 14.4. The number of esters is 1. The summed E-state index contributed by atoms with van der Waals surface area (Å²) in [4.78, 5) is 11.2. The van der Waals surface area contributed by atoms with Crippen LogP contribution in [0.25, 0.3) is 0 Å². The maximum Gasteiger partial charge on any atom is 0.308 e. The first-order valence-corrected chi connectivity index (χ1v) is 6.08. The molecule has 0 heterocycles. The SMILES string of the molecule is CCCCCCC(=O)OC(O)CCCC. The van der Waals surface area contributed by atoms with Gasteiger partial charge in [-0.3, -0.25) is 4.79 Å². The Hall–Kier alpha value is -0.570. The van der Waals surface area contributed by atoms with Crippen LogP contribution in [0.2, 0.25) is 0 Å². The second-order valence-electron chi connectivity index (χ2n) is 3.90. The zero-order valence-corrected chi connectivity index (χ0v) is 10.00. The number of aliphatic hydroxyl groups excluding tert-OH is 1. The van der Waals surface area contributed by atoms with Crippen LogP contribution in [0.3, 0.4) is 0 Å². The maximum absolute atomic E-state index is 11.2. The molecule has 0 aliphatic heterocycles. The van der Waals surface area contributed by atoms with E-state index >= 15 is 0 Å². The van der Waals surface area contributed by atoms with E-state index in [1.807, 2.05) is 6.92 Å². The summed E-state index contributed by atoms with van der Waals surface area (Å²) in [5.74, 6) is -0.269. The predicted octanol–water partition coefficient (Wildman–Crippen LogP) is 3.01. The third-order valence-corrected chi connectivity index (χ3v) is 2.31. The van der Waals surface area contributed by atoms with Gasteiger partial charge in [0.2, 0.25) is 6.29 Å². The summed E-state index contributed by atoms with van der Waals surface area (Å²) in [6, 6.07) is 0. The molecule has 0 radical (unpaired) electrons. The number of rotatable bonds is 9. The molecule has 15 heavy (non-hydrogen) atoms. The van der Waals surface area contributed by atoms with Gasteiger partial charge < -0.3 is 9.84 Å². The molecule has 0 amide bonds. The molecule has 90 valence electrons. The number of aliphatic hydroxyl groups is 1. The van der Waals surface area contributed by atoms with E-state index in [2.05, 4.69) is 6.92 Å². The van der Waals surface area contributed by atoms with E-state index in [4.69, 9.17) is 4.74 Å². The number of ether oxygens (including phenoxy) is 1. The lowest BCUT2D eigenvalue weighted by Gasteiger charge is -2.11. The van der Waals surface area contributed by atoms with Crippen LogP contribution in [-0.4, -0.2) is 17.4 Å². The van der Waals surface area contributed by atoms with Crippen LogP contribution in [-0.2, 0) is 9.53 Å². The van der Waals surface area contributed by atoms with Crippen LogP contribution in [0.15, 0.2) is 0 Å². The molecule has 0 fully saturated rings. The van der Waals surface area contributed by atoms with Crippen molar-refractivity contribution in [2.75, 3.05) is 0 Å². The lowest BCUT2D eigenvalue weighted by atomic mass is 10.1. The van der Waals surface area contributed by atoms with Crippen molar-refractivity contribution < 1.29 is 14.6 Å². The lowest BCUT2D eigenvalue weighted by Crippen LogP contribution is -2.17. The van der Waals surface area contributed by atoms with Gasteiger partial charge in [-0.15, -0.1) is 0 Å². The second-order valence-corrected chi connectivity index (χ2v) is 3.90. The molecule has 0 aliphatic rings. The normalized spacial score (nSPS) is 12.5. The Bertz CT molecular complexity index is 157. The van der Waals surface area contributed by atoms with E-state index in [0.29, 0.717) is 12.8 Å². The van der Waals surface area contributed by atoms with Crippen LogP contribution in [0.5, 0.6) is 0 Å². The van der Waals surface area contributed by atoms with Crippen molar-refractivity contribution in [2.24, 2.45) is 0 Å². The van der Waals surface area contributed by atoms with Crippen molar-refractivity contribution in [3.63, 3.8) is 0 Å². The number of hydrogen-bond donors (Lipinski definition) is 1. The first-order chi connectivity index (χ1) is 7.20. The molecule has 0 aromatic rings. The number of hydrogen-bond acceptors (Lipinski definition) is 3. The smallest absolute Gasteiger partial charge is 0.308 e. The van der Waals surface area contributed by atoms with Gasteiger partial charge in [-0.1, -0.05) is 39.5 Å². The molecule has 1 N–H and O–H groups in total. The second kappa shape index (κ2) is 9.97. The molecule has 1 atom stereocenters. The molecule has 1 unspecified atom stereocenters. The summed E-state index contributed by atoms with van der Waals surface area (Å²) >= 11 is 0. The molecule has 3 nitrogen and oxygen atoms in total. The van der Waals surface area contributed by atoms with E-state index < -0.39 is 6.29 Å². The van der Waals surface area contributed by atoms with E-state index in [0.717, 1.165) is 38.5 Å². The van der Waals surface area contributed by atoms with Gasteiger partial charge in [0.25, 0.3) is 0 Å². The standard InChI is InChI=1S/C12H24O3/c1-3-5-7-8-10-12(14)15-11(13)9-6-4-2/h11,13H,3-10H2,1-2H3. The Morgan fingerprint density at radius 2 is 1.80 bits per heavy atom. The number of unbranched alkanes of at least 4 members (excludes halogenated alkanes) is 4. The summed E-state index contributed by atoms with van der Waals surface area (Å²) in [5.41, 5.74) is 0. The highest BCUT2D eigenvalue weighted by molar-refractivity contribution is 5.69. The highest BCUT2D eigenvalue weighted by Crippen LogP contribution is 2.07. The summed E-state index contributed by atoms with van der Waals surface area (Å²) in [7, 11) is 0. The number of carbonyl (C=O) groups excluding carboxylic acids is 1. The third-order valence-electron chi connectivity index (χ3n) is 2.31. The Morgan fingerprint density at radius 3 is 2.40 bits per heavy atom. The van der Waals surface area contributed by atoms with E-state index in [1.165, 1.54) is 0 Å². The first-order valence-electron chi connectivity index (χ1n) is 6.08. The Kier molecular flexibility index (Phi) is 9.59. The molecule has 0 saturated carbocycles. The average Bonchev–Trinajstić information content (AvgIpc) is 2.21. The highest BCUT2D eigenvalue weighted by atomic mass is 16.6. The van der Waals surface area contributed by atoms with Crippen molar-refractivity contribution in [2.45, 2.75) is 71.5 Å². The molecule has 0 aliphatic carbocycles. The van der Waals surface area contributed by atoms with Crippen molar-refractivity contribution >= 4 is 5.97 Å². The van der Waals surface area contributed by atoms with Crippen LogP contribution in [0, 0.1) is 0 Å². The van der Waals surface area contributed by atoms with E-state index in [9.17, 15) is 9.90 Å². The molecule has 0 saturated heterocycles. The molecule has 0 spiro atoms. The van der Waals surface area contributed by atoms with Crippen molar-refractivity contribution in [1.29, 1.82) is 0 Å². The fraction of sp³-hybridized carbons (Fsp3) is 0.917. The van der Waals surface area contributed by atoms with Gasteiger partial charge in [-0.05, 0) is 12.8 Å². The van der Waals surface area contributed by atoms with Crippen molar-refractivity contribution in [3.8, 4) is 0 Å². The summed E-state index contributed by atoms with van der Waals surface area (Å²) in [5, 5.41) is 9.31. The van der Waals surface area contributed by atoms with Gasteiger partial charge in [0.1, 0.15) is 0 Å². The molecule has 0 aromatic heterocycles. The molecular formula is C12H24O3. The minimum atomic E-state index is -0.899. The highest BCUT2D eigenvalue weighted by Gasteiger charge is 2.09. The molecule has 0 bridgehead atoms. The number of carbonyl (C=O) groups is 1. The topological polar surface area (TPSA) is 46.5 Å². The third kappa shape index (κ3) is 9.73. The lowest BCUT2D eigenvalue weighted by molar-refractivity contribution is -0.168. The summed E-state index contributed by atoms with van der Waals surface area (Å²) < 4.78 is 4.85. The zero-order chi connectivity index (χ0) is 11.5. The average molecular weight is 216 g/mol.